The van der Waals surface area contributed by atoms with Crippen LogP contribution in [-0.2, 0) is 0 Å². The molecule has 0 spiro atoms. The van der Waals surface area contributed by atoms with E-state index in [2.05, 4.69) is 57.3 Å². The SMILES string of the molecule is [CH2-][n+]1ccccc1-c1ccc(C(C)=CC)cc1. The van der Waals surface area contributed by atoms with Gasteiger partial charge in [0.25, 0.3) is 0 Å². The number of hydrogen-bond acceptors (Lipinski definition) is 0. The summed E-state index contributed by atoms with van der Waals surface area (Å²) in [6, 6.07) is 14.7. The molecule has 1 aromatic heterocycles. The molecular formula is C16H17N. The summed E-state index contributed by atoms with van der Waals surface area (Å²) < 4.78 is 1.89. The molecule has 1 heteroatoms. The third-order valence-electron chi connectivity index (χ3n) is 3.01. The molecule has 0 saturated carbocycles. The Morgan fingerprint density at radius 2 is 1.82 bits per heavy atom. The highest BCUT2D eigenvalue weighted by atomic mass is 14.9. The van der Waals surface area contributed by atoms with Crippen molar-refractivity contribution in [2.24, 2.45) is 0 Å². The van der Waals surface area contributed by atoms with Gasteiger partial charge in [0.2, 0.25) is 0 Å². The number of allylic oxidation sites excluding steroid dienone is 2. The van der Waals surface area contributed by atoms with Gasteiger partial charge in [-0.05, 0) is 36.6 Å². The molecule has 0 N–H and O–H groups in total. The van der Waals surface area contributed by atoms with E-state index in [0.29, 0.717) is 0 Å². The number of hydrogen-bond donors (Lipinski definition) is 0. The lowest BCUT2D eigenvalue weighted by molar-refractivity contribution is -0.600. The molecule has 0 aliphatic carbocycles. The fraction of sp³-hybridized carbons (Fsp3) is 0.125. The summed E-state index contributed by atoms with van der Waals surface area (Å²) in [6.45, 7) is 4.18. The molecule has 0 unspecified atom stereocenters. The maximum absolute atomic E-state index is 3.98. The first-order valence-corrected chi connectivity index (χ1v) is 5.77. The van der Waals surface area contributed by atoms with Gasteiger partial charge in [-0.15, -0.1) is 0 Å². The van der Waals surface area contributed by atoms with Crippen LogP contribution in [0.3, 0.4) is 0 Å². The van der Waals surface area contributed by atoms with Crippen LogP contribution in [0, 0.1) is 7.05 Å². The molecule has 1 aromatic carbocycles. The summed E-state index contributed by atoms with van der Waals surface area (Å²) in [7, 11) is 3.98. The first-order chi connectivity index (χ1) is 8.22. The normalized spacial score (nSPS) is 11.5. The van der Waals surface area contributed by atoms with E-state index in [1.807, 2.05) is 22.9 Å². The predicted octanol–water partition coefficient (Wildman–Crippen LogP) is 3.70. The minimum absolute atomic E-state index is 1.12. The first-order valence-electron chi connectivity index (χ1n) is 5.77. The van der Waals surface area contributed by atoms with Crippen molar-refractivity contribution < 1.29 is 4.57 Å². The highest BCUT2D eigenvalue weighted by Crippen LogP contribution is 2.19. The Bertz CT molecular complexity index is 536. The summed E-state index contributed by atoms with van der Waals surface area (Å²) in [5, 5.41) is 0. The Kier molecular flexibility index (Phi) is 3.29. The van der Waals surface area contributed by atoms with Crippen LogP contribution in [0.4, 0.5) is 0 Å². The molecule has 2 rings (SSSR count). The Labute approximate surface area is 103 Å². The van der Waals surface area contributed by atoms with Gasteiger partial charge in [0.05, 0.1) is 6.20 Å². The maximum atomic E-state index is 3.98. The van der Waals surface area contributed by atoms with E-state index in [1.165, 1.54) is 16.7 Å². The first kappa shape index (κ1) is 11.5. The van der Waals surface area contributed by atoms with Crippen LogP contribution in [0.25, 0.3) is 16.8 Å². The van der Waals surface area contributed by atoms with Crippen molar-refractivity contribution in [1.29, 1.82) is 0 Å². The minimum Gasteiger partial charge on any atom is -0.333 e. The average molecular weight is 223 g/mol. The summed E-state index contributed by atoms with van der Waals surface area (Å²) >= 11 is 0. The molecule has 0 fully saturated rings. The quantitative estimate of drug-likeness (QED) is 0.540. The van der Waals surface area contributed by atoms with Crippen LogP contribution < -0.4 is 4.57 Å². The van der Waals surface area contributed by atoms with Gasteiger partial charge < -0.3 is 4.57 Å². The smallest absolute Gasteiger partial charge is 0.112 e. The van der Waals surface area contributed by atoms with E-state index in [4.69, 9.17) is 0 Å². The van der Waals surface area contributed by atoms with Crippen LogP contribution in [0.1, 0.15) is 19.4 Å². The molecular weight excluding hydrogens is 206 g/mol. The summed E-state index contributed by atoms with van der Waals surface area (Å²) in [4.78, 5) is 0. The Morgan fingerprint density at radius 3 is 2.41 bits per heavy atom. The van der Waals surface area contributed by atoms with Crippen LogP contribution >= 0.6 is 0 Å². The number of aromatic nitrogens is 1. The lowest BCUT2D eigenvalue weighted by atomic mass is 10.0. The lowest BCUT2D eigenvalue weighted by Gasteiger charge is -2.08. The van der Waals surface area contributed by atoms with Crippen molar-refractivity contribution >= 4 is 5.57 Å². The zero-order valence-corrected chi connectivity index (χ0v) is 10.4. The van der Waals surface area contributed by atoms with Gasteiger partial charge in [0.1, 0.15) is 5.69 Å². The molecule has 0 radical (unpaired) electrons. The van der Waals surface area contributed by atoms with E-state index in [9.17, 15) is 0 Å². The second-order valence-corrected chi connectivity index (χ2v) is 4.10. The third-order valence-corrected chi connectivity index (χ3v) is 3.01. The standard InChI is InChI=1S/C16H17N/c1-4-13(2)14-8-10-15(11-9-14)16-7-5-6-12-17(16)3/h4-12H,3H2,1-2H3. The van der Waals surface area contributed by atoms with Crippen molar-refractivity contribution in [3.63, 3.8) is 0 Å². The second-order valence-electron chi connectivity index (χ2n) is 4.10. The van der Waals surface area contributed by atoms with Crippen LogP contribution in [0.15, 0.2) is 54.7 Å². The zero-order valence-electron chi connectivity index (χ0n) is 10.4. The second kappa shape index (κ2) is 4.88. The predicted molar refractivity (Wildman–Crippen MR) is 72.2 cm³/mol. The van der Waals surface area contributed by atoms with E-state index < -0.39 is 0 Å². The number of pyridine rings is 1. The number of nitrogens with zero attached hydrogens (tertiary/aromatic N) is 1. The fourth-order valence-corrected chi connectivity index (χ4v) is 1.81. The van der Waals surface area contributed by atoms with E-state index in [-0.39, 0.29) is 0 Å². The van der Waals surface area contributed by atoms with Crippen molar-refractivity contribution in [3.05, 3.63) is 67.3 Å². The minimum atomic E-state index is 1.12. The largest absolute Gasteiger partial charge is 0.333 e. The van der Waals surface area contributed by atoms with Gasteiger partial charge in [-0.25, -0.2) is 0 Å². The highest BCUT2D eigenvalue weighted by Gasteiger charge is 2.01. The van der Waals surface area contributed by atoms with Crippen molar-refractivity contribution in [1.82, 2.24) is 0 Å². The number of rotatable bonds is 2. The van der Waals surface area contributed by atoms with E-state index in [0.717, 1.165) is 5.69 Å². The third kappa shape index (κ3) is 2.39. The molecule has 0 saturated heterocycles. The molecule has 0 amide bonds. The van der Waals surface area contributed by atoms with Gasteiger partial charge in [-0.1, -0.05) is 42.5 Å². The van der Waals surface area contributed by atoms with Gasteiger partial charge >= 0.3 is 0 Å². The van der Waals surface area contributed by atoms with Gasteiger partial charge in [-0.2, -0.15) is 0 Å². The monoisotopic (exact) mass is 223 g/mol. The van der Waals surface area contributed by atoms with E-state index >= 15 is 0 Å². The summed E-state index contributed by atoms with van der Waals surface area (Å²) in [5.74, 6) is 0. The van der Waals surface area contributed by atoms with Crippen LogP contribution in [-0.4, -0.2) is 0 Å². The Hall–Kier alpha value is -2.02. The molecule has 17 heavy (non-hydrogen) atoms. The van der Waals surface area contributed by atoms with Crippen molar-refractivity contribution in [2.45, 2.75) is 13.8 Å². The lowest BCUT2D eigenvalue weighted by Crippen LogP contribution is -2.27. The van der Waals surface area contributed by atoms with Crippen molar-refractivity contribution in [3.8, 4) is 11.3 Å². The Balaban J connectivity index is 2.40. The highest BCUT2D eigenvalue weighted by molar-refractivity contribution is 5.67. The topological polar surface area (TPSA) is 3.88 Å². The van der Waals surface area contributed by atoms with Crippen LogP contribution in [0.5, 0.6) is 0 Å². The molecule has 86 valence electrons. The molecule has 0 bridgehead atoms. The zero-order chi connectivity index (χ0) is 12.3. The summed E-state index contributed by atoms with van der Waals surface area (Å²) in [6.07, 6.45) is 4.08. The fourth-order valence-electron chi connectivity index (χ4n) is 1.81. The Morgan fingerprint density at radius 1 is 1.12 bits per heavy atom. The van der Waals surface area contributed by atoms with Gasteiger partial charge in [-0.3, -0.25) is 0 Å². The molecule has 2 aromatic rings. The maximum Gasteiger partial charge on any atom is 0.112 e. The van der Waals surface area contributed by atoms with Gasteiger partial charge in [0.15, 0.2) is 0 Å². The molecule has 0 aliphatic rings. The summed E-state index contributed by atoms with van der Waals surface area (Å²) in [5.41, 5.74) is 4.88. The number of benzene rings is 1. The molecule has 1 nitrogen and oxygen atoms in total. The van der Waals surface area contributed by atoms with Crippen molar-refractivity contribution in [2.75, 3.05) is 0 Å². The average Bonchev–Trinajstić information content (AvgIpc) is 2.39. The van der Waals surface area contributed by atoms with E-state index in [1.54, 1.807) is 0 Å². The molecule has 0 atom stereocenters. The molecule has 0 aliphatic heterocycles. The molecule has 1 heterocycles. The van der Waals surface area contributed by atoms with Crippen LogP contribution in [0.2, 0.25) is 0 Å². The van der Waals surface area contributed by atoms with Gasteiger partial charge in [0, 0.05) is 7.05 Å².